The summed E-state index contributed by atoms with van der Waals surface area (Å²) in [6.45, 7) is 0. The van der Waals surface area contributed by atoms with E-state index in [2.05, 4.69) is 0 Å². The summed E-state index contributed by atoms with van der Waals surface area (Å²) in [5.74, 6) is -1.15. The Labute approximate surface area is 206 Å². The molecule has 5 rings (SSSR count). The van der Waals surface area contributed by atoms with Crippen LogP contribution in [0.15, 0.2) is 121 Å². The minimum atomic E-state index is -4.75. The van der Waals surface area contributed by atoms with Crippen molar-refractivity contribution in [3.8, 4) is 0 Å². The molecule has 35 heavy (non-hydrogen) atoms. The van der Waals surface area contributed by atoms with Crippen molar-refractivity contribution in [1.29, 1.82) is 0 Å². The van der Waals surface area contributed by atoms with Gasteiger partial charge in [-0.25, -0.2) is 9.90 Å². The lowest BCUT2D eigenvalue weighted by molar-refractivity contribution is -0.257. The fraction of sp³-hybridized carbons (Fsp3) is 0.103. The van der Waals surface area contributed by atoms with Gasteiger partial charge in [-0.05, 0) is 41.5 Å². The van der Waals surface area contributed by atoms with E-state index < -0.39 is 17.7 Å². The molecule has 4 aromatic carbocycles. The molecule has 0 spiro atoms. The van der Waals surface area contributed by atoms with Crippen molar-refractivity contribution >= 4 is 23.0 Å². The van der Waals surface area contributed by atoms with Crippen molar-refractivity contribution in [2.24, 2.45) is 0 Å². The molecule has 0 radical (unpaired) electrons. The molecule has 0 fully saturated rings. The van der Waals surface area contributed by atoms with E-state index >= 15 is 13.2 Å². The van der Waals surface area contributed by atoms with Gasteiger partial charge in [0.25, 0.3) is 0 Å². The smallest absolute Gasteiger partial charge is 0.247 e. The Hall–Kier alpha value is -3.54. The van der Waals surface area contributed by atoms with Crippen molar-refractivity contribution in [1.82, 2.24) is 0 Å². The molecule has 0 bridgehead atoms. The molecule has 2 nitrogen and oxygen atoms in total. The predicted octanol–water partition coefficient (Wildman–Crippen LogP) is 8.27. The molecule has 0 aromatic heterocycles. The van der Waals surface area contributed by atoms with E-state index in [4.69, 9.17) is 16.4 Å². The van der Waals surface area contributed by atoms with Crippen molar-refractivity contribution in [3.63, 3.8) is 0 Å². The first-order valence-electron chi connectivity index (χ1n) is 11.1. The number of alkyl halides is 3. The maximum Gasteiger partial charge on any atom is 0.424 e. The summed E-state index contributed by atoms with van der Waals surface area (Å²) in [6.07, 6.45) is -3.54. The van der Waals surface area contributed by atoms with E-state index in [1.165, 1.54) is 11.1 Å². The molecule has 0 N–H and O–H groups in total. The third-order valence-corrected chi connectivity index (χ3v) is 6.33. The molecule has 6 heteroatoms. The Balaban J connectivity index is 1.77. The second kappa shape index (κ2) is 9.25. The van der Waals surface area contributed by atoms with Crippen LogP contribution >= 0.6 is 11.6 Å². The third kappa shape index (κ3) is 4.33. The lowest BCUT2D eigenvalue weighted by Gasteiger charge is -2.38. The highest BCUT2D eigenvalue weighted by Gasteiger charge is 2.65. The standard InChI is InChI=1S/C29H21ClF3NO/c30-24-16-18-25(19-17-24)34-26(21-10-4-1-5-11-21)20-28(35-34,29(31,32)33)27(22-12-6-2-7-13-22)23-14-8-3-9-15-23/h1-20,27H. The molecule has 4 aromatic rings. The number of nitrogens with zero attached hydrogens (tertiary/aromatic N) is 1. The quantitative estimate of drug-likeness (QED) is 0.278. The van der Waals surface area contributed by atoms with Gasteiger partial charge in [-0.2, -0.15) is 13.2 Å². The van der Waals surface area contributed by atoms with Gasteiger partial charge >= 0.3 is 6.18 Å². The first-order valence-corrected chi connectivity index (χ1v) is 11.5. The topological polar surface area (TPSA) is 12.5 Å². The van der Waals surface area contributed by atoms with Gasteiger partial charge in [0.15, 0.2) is 0 Å². The largest absolute Gasteiger partial charge is 0.424 e. The molecule has 1 unspecified atom stereocenters. The fourth-order valence-corrected chi connectivity index (χ4v) is 4.60. The lowest BCUT2D eigenvalue weighted by Crippen LogP contribution is -2.51. The van der Waals surface area contributed by atoms with Gasteiger partial charge in [0.1, 0.15) is 0 Å². The zero-order valence-electron chi connectivity index (χ0n) is 18.5. The van der Waals surface area contributed by atoms with E-state index in [1.54, 1.807) is 109 Å². The average Bonchev–Trinajstić information content (AvgIpc) is 3.28. The van der Waals surface area contributed by atoms with E-state index in [0.29, 0.717) is 33.1 Å². The maximum atomic E-state index is 15.3. The lowest BCUT2D eigenvalue weighted by atomic mass is 9.76. The summed E-state index contributed by atoms with van der Waals surface area (Å²) in [7, 11) is 0. The van der Waals surface area contributed by atoms with Crippen LogP contribution in [0.25, 0.3) is 5.70 Å². The van der Waals surface area contributed by atoms with Gasteiger partial charge in [-0.15, -0.1) is 0 Å². The Morgan fingerprint density at radius 3 is 1.66 bits per heavy atom. The van der Waals surface area contributed by atoms with Gasteiger partial charge < -0.3 is 0 Å². The Morgan fingerprint density at radius 2 is 1.17 bits per heavy atom. The van der Waals surface area contributed by atoms with Crippen LogP contribution < -0.4 is 5.06 Å². The summed E-state index contributed by atoms with van der Waals surface area (Å²) in [5.41, 5.74) is -0.318. The SMILES string of the molecule is FC(F)(F)C1(C(c2ccccc2)c2ccccc2)C=C(c2ccccc2)N(c2ccc(Cl)cc2)O1. The first kappa shape index (κ1) is 23.2. The molecule has 0 amide bonds. The number of halogens is 4. The minimum absolute atomic E-state index is 0.308. The fourth-order valence-electron chi connectivity index (χ4n) is 4.48. The molecule has 1 heterocycles. The molecule has 0 saturated heterocycles. The third-order valence-electron chi connectivity index (χ3n) is 6.08. The molecule has 0 aliphatic carbocycles. The summed E-state index contributed by atoms with van der Waals surface area (Å²) in [5, 5.41) is 1.74. The highest BCUT2D eigenvalue weighted by molar-refractivity contribution is 6.30. The highest BCUT2D eigenvalue weighted by atomic mass is 35.5. The van der Waals surface area contributed by atoms with Gasteiger partial charge in [0.05, 0.1) is 17.3 Å². The van der Waals surface area contributed by atoms with Crippen LogP contribution in [0.2, 0.25) is 5.02 Å². The van der Waals surface area contributed by atoms with Crippen LogP contribution in [0.5, 0.6) is 0 Å². The van der Waals surface area contributed by atoms with Crippen molar-refractivity contribution in [2.75, 3.05) is 5.06 Å². The van der Waals surface area contributed by atoms with Gasteiger partial charge in [0.2, 0.25) is 5.60 Å². The van der Waals surface area contributed by atoms with Gasteiger partial charge in [0, 0.05) is 10.6 Å². The maximum absolute atomic E-state index is 15.3. The van der Waals surface area contributed by atoms with Gasteiger partial charge in [-0.3, -0.25) is 0 Å². The van der Waals surface area contributed by atoms with E-state index in [9.17, 15) is 0 Å². The molecule has 0 saturated carbocycles. The molecule has 1 aliphatic heterocycles. The minimum Gasteiger partial charge on any atom is -0.247 e. The Bertz CT molecular complexity index is 1270. The van der Waals surface area contributed by atoms with Gasteiger partial charge in [-0.1, -0.05) is 103 Å². The van der Waals surface area contributed by atoms with E-state index in [0.717, 1.165) is 0 Å². The molecule has 1 aliphatic rings. The summed E-state index contributed by atoms with van der Waals surface area (Å²) >= 11 is 6.06. The van der Waals surface area contributed by atoms with Crippen LogP contribution in [0, 0.1) is 0 Å². The van der Waals surface area contributed by atoms with E-state index in [1.807, 2.05) is 6.07 Å². The number of hydroxylamine groups is 1. The molecule has 176 valence electrons. The Morgan fingerprint density at radius 1 is 0.686 bits per heavy atom. The molecule has 1 atom stereocenters. The molecular formula is C29H21ClF3NO. The number of benzene rings is 4. The average molecular weight is 492 g/mol. The summed E-state index contributed by atoms with van der Waals surface area (Å²) in [6, 6.07) is 32.8. The normalized spacial score (nSPS) is 18.1. The second-order valence-electron chi connectivity index (χ2n) is 8.30. The van der Waals surface area contributed by atoms with Crippen LogP contribution in [0.1, 0.15) is 22.6 Å². The number of anilines is 1. The van der Waals surface area contributed by atoms with Crippen LogP contribution in [0.4, 0.5) is 18.9 Å². The number of hydrogen-bond acceptors (Lipinski definition) is 2. The van der Waals surface area contributed by atoms with Crippen molar-refractivity contribution in [2.45, 2.75) is 17.7 Å². The monoisotopic (exact) mass is 491 g/mol. The number of rotatable bonds is 5. The van der Waals surface area contributed by atoms with Crippen molar-refractivity contribution < 1.29 is 18.0 Å². The predicted molar refractivity (Wildman–Crippen MR) is 133 cm³/mol. The van der Waals surface area contributed by atoms with E-state index in [-0.39, 0.29) is 0 Å². The molecular weight excluding hydrogens is 471 g/mol. The second-order valence-corrected chi connectivity index (χ2v) is 8.74. The van der Waals surface area contributed by atoms with Crippen LogP contribution in [-0.4, -0.2) is 11.8 Å². The summed E-state index contributed by atoms with van der Waals surface area (Å²) < 4.78 is 45.8. The zero-order valence-corrected chi connectivity index (χ0v) is 19.2. The first-order chi connectivity index (χ1) is 16.9. The van der Waals surface area contributed by atoms with Crippen molar-refractivity contribution in [3.05, 3.63) is 143 Å². The van der Waals surface area contributed by atoms with Crippen LogP contribution in [-0.2, 0) is 4.84 Å². The zero-order chi connectivity index (χ0) is 24.5. The summed E-state index contributed by atoms with van der Waals surface area (Å²) in [4.78, 5) is 6.05. The highest BCUT2D eigenvalue weighted by Crippen LogP contribution is 2.54. The van der Waals surface area contributed by atoms with Crippen LogP contribution in [0.3, 0.4) is 0 Å². The number of hydrogen-bond donors (Lipinski definition) is 0. The Kier molecular flexibility index (Phi) is 6.13.